The van der Waals surface area contributed by atoms with Crippen molar-refractivity contribution in [1.29, 1.82) is 0 Å². The number of benzene rings is 1. The molecule has 0 spiro atoms. The van der Waals surface area contributed by atoms with Crippen LogP contribution in [0.15, 0.2) is 42.6 Å². The van der Waals surface area contributed by atoms with E-state index < -0.39 is 0 Å². The molecule has 0 amide bonds. The Kier molecular flexibility index (Phi) is 3.93. The first kappa shape index (κ1) is 16.4. The monoisotopic (exact) mass is 361 g/mol. The summed E-state index contributed by atoms with van der Waals surface area (Å²) in [6.07, 6.45) is 6.62. The highest BCUT2D eigenvalue weighted by Crippen LogP contribution is 2.33. The van der Waals surface area contributed by atoms with Gasteiger partial charge in [-0.25, -0.2) is 0 Å². The summed E-state index contributed by atoms with van der Waals surface area (Å²) in [5.74, 6) is 1.05. The van der Waals surface area contributed by atoms with Crippen LogP contribution in [-0.2, 0) is 0 Å². The molecule has 2 N–H and O–H groups in total. The van der Waals surface area contributed by atoms with E-state index in [0.717, 1.165) is 29.6 Å². The van der Waals surface area contributed by atoms with E-state index in [4.69, 9.17) is 0 Å². The Hall–Kier alpha value is -2.73. The second-order valence-corrected chi connectivity index (χ2v) is 7.72. The van der Waals surface area contributed by atoms with Crippen molar-refractivity contribution in [1.82, 2.24) is 20.5 Å². The average Bonchev–Trinajstić information content (AvgIpc) is 3.04. The van der Waals surface area contributed by atoms with Gasteiger partial charge >= 0.3 is 0 Å². The van der Waals surface area contributed by atoms with Gasteiger partial charge in [-0.15, -0.1) is 10.2 Å². The SMILES string of the molecule is CN(c1ccc(-c2cc3cccnc3cc2O)nn1)C1CC2CCC(C1)N2. The van der Waals surface area contributed by atoms with E-state index in [0.29, 0.717) is 29.4 Å². The van der Waals surface area contributed by atoms with Crippen LogP contribution in [0.1, 0.15) is 25.7 Å². The fraction of sp³-hybridized carbons (Fsp3) is 0.381. The zero-order valence-corrected chi connectivity index (χ0v) is 15.3. The number of nitrogens with one attached hydrogen (secondary N) is 1. The van der Waals surface area contributed by atoms with Crippen LogP contribution >= 0.6 is 0 Å². The van der Waals surface area contributed by atoms with Crippen molar-refractivity contribution in [2.75, 3.05) is 11.9 Å². The summed E-state index contributed by atoms with van der Waals surface area (Å²) in [6.45, 7) is 0. The second-order valence-electron chi connectivity index (χ2n) is 7.72. The summed E-state index contributed by atoms with van der Waals surface area (Å²) >= 11 is 0. The van der Waals surface area contributed by atoms with Crippen molar-refractivity contribution in [3.8, 4) is 17.0 Å². The average molecular weight is 361 g/mol. The largest absolute Gasteiger partial charge is 0.507 e. The summed E-state index contributed by atoms with van der Waals surface area (Å²) in [6, 6.07) is 13.2. The van der Waals surface area contributed by atoms with Gasteiger partial charge in [-0.05, 0) is 49.9 Å². The first-order valence-corrected chi connectivity index (χ1v) is 9.58. The Balaban J connectivity index is 1.41. The van der Waals surface area contributed by atoms with E-state index in [1.807, 2.05) is 30.3 Å². The molecule has 2 aliphatic heterocycles. The number of phenolic OH excluding ortho intramolecular Hbond substituents is 1. The molecule has 0 saturated carbocycles. The molecule has 5 rings (SSSR count). The molecule has 2 saturated heterocycles. The zero-order valence-electron chi connectivity index (χ0n) is 15.3. The number of pyridine rings is 1. The van der Waals surface area contributed by atoms with Gasteiger partial charge in [-0.2, -0.15) is 0 Å². The van der Waals surface area contributed by atoms with E-state index >= 15 is 0 Å². The minimum Gasteiger partial charge on any atom is -0.507 e. The van der Waals surface area contributed by atoms with E-state index in [1.54, 1.807) is 12.3 Å². The first-order valence-electron chi connectivity index (χ1n) is 9.58. The third-order valence-corrected chi connectivity index (χ3v) is 6.00. The highest BCUT2D eigenvalue weighted by molar-refractivity contribution is 5.87. The number of hydrogen-bond donors (Lipinski definition) is 2. The predicted octanol–water partition coefficient (Wildman–Crippen LogP) is 3.12. The van der Waals surface area contributed by atoms with Gasteiger partial charge in [0, 0.05) is 48.4 Å². The Labute approximate surface area is 158 Å². The highest BCUT2D eigenvalue weighted by Gasteiger charge is 2.35. The normalized spacial score (nSPS) is 24.3. The fourth-order valence-corrected chi connectivity index (χ4v) is 4.50. The summed E-state index contributed by atoms with van der Waals surface area (Å²) in [5, 5.41) is 23.9. The maximum atomic E-state index is 10.4. The summed E-state index contributed by atoms with van der Waals surface area (Å²) in [4.78, 5) is 6.53. The molecule has 138 valence electrons. The standard InChI is InChI=1S/C21H23N5O/c1-26(16-10-14-4-5-15(11-16)23-14)21-7-6-18(24-25-21)17-9-13-3-2-8-22-19(13)12-20(17)27/h2-3,6-9,12,14-16,23,27H,4-5,10-11H2,1H3. The van der Waals surface area contributed by atoms with Gasteiger partial charge in [-0.1, -0.05) is 6.07 Å². The minimum atomic E-state index is 0.173. The number of anilines is 1. The number of aromatic hydroxyl groups is 1. The highest BCUT2D eigenvalue weighted by atomic mass is 16.3. The topological polar surface area (TPSA) is 74.2 Å². The molecule has 2 bridgehead atoms. The lowest BCUT2D eigenvalue weighted by Gasteiger charge is -2.36. The molecule has 2 aromatic heterocycles. The van der Waals surface area contributed by atoms with Crippen LogP contribution in [0.4, 0.5) is 5.82 Å². The lowest BCUT2D eigenvalue weighted by atomic mass is 9.98. The van der Waals surface area contributed by atoms with Crippen LogP contribution in [0.2, 0.25) is 0 Å². The number of aromatic nitrogens is 3. The smallest absolute Gasteiger partial charge is 0.151 e. The first-order chi connectivity index (χ1) is 13.2. The van der Waals surface area contributed by atoms with Crippen molar-refractivity contribution in [2.24, 2.45) is 0 Å². The Bertz CT molecular complexity index is 962. The van der Waals surface area contributed by atoms with Gasteiger partial charge < -0.3 is 15.3 Å². The second kappa shape index (κ2) is 6.46. The number of fused-ring (bicyclic) bond motifs is 3. The Morgan fingerprint density at radius 1 is 1.07 bits per heavy atom. The lowest BCUT2D eigenvalue weighted by Crippen LogP contribution is -2.47. The Morgan fingerprint density at radius 2 is 1.89 bits per heavy atom. The van der Waals surface area contributed by atoms with E-state index in [-0.39, 0.29) is 5.75 Å². The number of phenols is 1. The molecule has 6 nitrogen and oxygen atoms in total. The maximum Gasteiger partial charge on any atom is 0.151 e. The van der Waals surface area contributed by atoms with Crippen molar-refractivity contribution in [3.05, 3.63) is 42.6 Å². The van der Waals surface area contributed by atoms with E-state index in [9.17, 15) is 5.11 Å². The van der Waals surface area contributed by atoms with Crippen LogP contribution in [0.5, 0.6) is 5.75 Å². The van der Waals surface area contributed by atoms with Crippen LogP contribution < -0.4 is 10.2 Å². The van der Waals surface area contributed by atoms with Crippen LogP contribution in [-0.4, -0.2) is 45.5 Å². The van der Waals surface area contributed by atoms with Crippen LogP contribution in [0.25, 0.3) is 22.2 Å². The number of nitrogens with zero attached hydrogens (tertiary/aromatic N) is 4. The number of hydrogen-bond acceptors (Lipinski definition) is 6. The third-order valence-electron chi connectivity index (χ3n) is 6.00. The fourth-order valence-electron chi connectivity index (χ4n) is 4.50. The number of piperidine rings is 1. The molecule has 2 aliphatic rings. The quantitative estimate of drug-likeness (QED) is 0.747. The summed E-state index contributed by atoms with van der Waals surface area (Å²) < 4.78 is 0. The third kappa shape index (κ3) is 3.00. The molecule has 0 aliphatic carbocycles. The lowest BCUT2D eigenvalue weighted by molar-refractivity contribution is 0.353. The molecule has 27 heavy (non-hydrogen) atoms. The van der Waals surface area contributed by atoms with E-state index in [1.165, 1.54) is 12.8 Å². The molecule has 1 aromatic carbocycles. The molecule has 4 heterocycles. The van der Waals surface area contributed by atoms with Gasteiger partial charge in [0.05, 0.1) is 11.2 Å². The van der Waals surface area contributed by atoms with Crippen molar-refractivity contribution in [2.45, 2.75) is 43.8 Å². The van der Waals surface area contributed by atoms with Crippen molar-refractivity contribution < 1.29 is 5.11 Å². The molecular formula is C21H23N5O. The molecule has 2 unspecified atom stereocenters. The molecule has 3 aromatic rings. The summed E-state index contributed by atoms with van der Waals surface area (Å²) in [7, 11) is 2.11. The maximum absolute atomic E-state index is 10.4. The van der Waals surface area contributed by atoms with Crippen LogP contribution in [0.3, 0.4) is 0 Å². The van der Waals surface area contributed by atoms with Crippen LogP contribution in [0, 0.1) is 0 Å². The zero-order chi connectivity index (χ0) is 18.4. The Morgan fingerprint density at radius 3 is 2.63 bits per heavy atom. The van der Waals surface area contributed by atoms with Gasteiger partial charge in [0.15, 0.2) is 5.82 Å². The van der Waals surface area contributed by atoms with Gasteiger partial charge in [-0.3, -0.25) is 4.98 Å². The summed E-state index contributed by atoms with van der Waals surface area (Å²) in [5.41, 5.74) is 2.11. The minimum absolute atomic E-state index is 0.173. The van der Waals surface area contributed by atoms with Gasteiger partial charge in [0.2, 0.25) is 0 Å². The molecule has 6 heteroatoms. The van der Waals surface area contributed by atoms with Crippen molar-refractivity contribution in [3.63, 3.8) is 0 Å². The predicted molar refractivity (Wildman–Crippen MR) is 106 cm³/mol. The molecule has 2 fully saturated rings. The van der Waals surface area contributed by atoms with Gasteiger partial charge in [0.1, 0.15) is 5.75 Å². The number of rotatable bonds is 3. The molecule has 0 radical (unpaired) electrons. The molecular weight excluding hydrogens is 338 g/mol. The van der Waals surface area contributed by atoms with Gasteiger partial charge in [0.25, 0.3) is 0 Å². The van der Waals surface area contributed by atoms with Crippen molar-refractivity contribution >= 4 is 16.7 Å². The van der Waals surface area contributed by atoms with E-state index in [2.05, 4.69) is 32.4 Å². The molecule has 2 atom stereocenters.